The highest BCUT2D eigenvalue weighted by atomic mass is 32.2. The van der Waals surface area contributed by atoms with E-state index in [-0.39, 0.29) is 0 Å². The highest BCUT2D eigenvalue weighted by Crippen LogP contribution is 2.17. The number of sulfonamides is 1. The molecule has 1 aromatic carbocycles. The second kappa shape index (κ2) is 5.54. The van der Waals surface area contributed by atoms with Crippen LogP contribution in [0.2, 0.25) is 0 Å². The van der Waals surface area contributed by atoms with Gasteiger partial charge in [-0.05, 0) is 24.6 Å². The fraction of sp³-hybridized carbons (Fsp3) is 0.167. The molecule has 0 aliphatic rings. The summed E-state index contributed by atoms with van der Waals surface area (Å²) in [6.07, 6.45) is 0.857. The third kappa shape index (κ3) is 3.38. The molecule has 0 radical (unpaired) electrons. The third-order valence-corrected chi connectivity index (χ3v) is 4.36. The summed E-state index contributed by atoms with van der Waals surface area (Å²) in [4.78, 5) is 25.9. The molecule has 0 saturated carbocycles. The fourth-order valence-corrected chi connectivity index (χ4v) is 3.03. The van der Waals surface area contributed by atoms with Crippen LogP contribution >= 0.6 is 0 Å². The van der Waals surface area contributed by atoms with E-state index < -0.39 is 32.2 Å². The van der Waals surface area contributed by atoms with E-state index in [9.17, 15) is 18.0 Å². The molecular formula is C12H14N4O4S. The van der Waals surface area contributed by atoms with Crippen molar-refractivity contribution in [3.63, 3.8) is 0 Å². The molecule has 5 N–H and O–H groups in total. The van der Waals surface area contributed by atoms with Crippen LogP contribution < -0.4 is 21.7 Å². The molecule has 0 spiro atoms. The first-order valence-electron chi connectivity index (χ1n) is 5.99. The Balaban J connectivity index is 2.33. The molecule has 9 heteroatoms. The van der Waals surface area contributed by atoms with Crippen molar-refractivity contribution in [3.8, 4) is 0 Å². The number of nitrogen functional groups attached to an aromatic ring is 1. The lowest BCUT2D eigenvalue weighted by atomic mass is 10.1. The molecule has 2 aromatic rings. The van der Waals surface area contributed by atoms with Crippen molar-refractivity contribution in [2.75, 3.05) is 5.73 Å². The number of anilines is 1. The number of rotatable bonds is 4. The van der Waals surface area contributed by atoms with Gasteiger partial charge in [-0.25, -0.2) is 17.9 Å². The molecule has 0 aliphatic heterocycles. The smallest absolute Gasteiger partial charge is 0.325 e. The second-order valence-electron chi connectivity index (χ2n) is 4.45. The maximum absolute atomic E-state index is 12.1. The maximum atomic E-state index is 12.1. The Morgan fingerprint density at radius 3 is 2.62 bits per heavy atom. The summed E-state index contributed by atoms with van der Waals surface area (Å²) in [6, 6.07) is 6.12. The quantitative estimate of drug-likeness (QED) is 0.574. The summed E-state index contributed by atoms with van der Waals surface area (Å²) in [6.45, 7) is 1.62. The van der Waals surface area contributed by atoms with E-state index in [4.69, 9.17) is 5.73 Å². The van der Waals surface area contributed by atoms with Crippen LogP contribution in [0, 0.1) is 0 Å². The molecule has 1 unspecified atom stereocenters. The minimum Gasteiger partial charge on any atom is -0.399 e. The van der Waals surface area contributed by atoms with Gasteiger partial charge in [-0.3, -0.25) is 9.78 Å². The molecule has 1 atom stereocenters. The van der Waals surface area contributed by atoms with Gasteiger partial charge in [0.25, 0.3) is 5.56 Å². The van der Waals surface area contributed by atoms with E-state index in [1.165, 1.54) is 0 Å². The van der Waals surface area contributed by atoms with Crippen molar-refractivity contribution in [2.45, 2.75) is 17.9 Å². The first kappa shape index (κ1) is 15.0. The van der Waals surface area contributed by atoms with Gasteiger partial charge in [0, 0.05) is 17.9 Å². The van der Waals surface area contributed by atoms with Crippen LogP contribution in [-0.2, 0) is 10.0 Å². The summed E-state index contributed by atoms with van der Waals surface area (Å²) in [5, 5.41) is 0. The van der Waals surface area contributed by atoms with Crippen molar-refractivity contribution in [1.29, 1.82) is 0 Å². The summed E-state index contributed by atoms with van der Waals surface area (Å²) in [7, 11) is -4.07. The second-order valence-corrected chi connectivity index (χ2v) is 6.13. The van der Waals surface area contributed by atoms with Crippen molar-refractivity contribution in [3.05, 3.63) is 56.9 Å². The van der Waals surface area contributed by atoms with Gasteiger partial charge in [-0.2, -0.15) is 0 Å². The molecular weight excluding hydrogens is 296 g/mol. The number of nitrogens with two attached hydrogens (primary N) is 1. The van der Waals surface area contributed by atoms with Gasteiger partial charge >= 0.3 is 5.69 Å². The zero-order chi connectivity index (χ0) is 15.6. The lowest BCUT2D eigenvalue weighted by Crippen LogP contribution is -2.34. The predicted molar refractivity (Wildman–Crippen MR) is 77.3 cm³/mol. The van der Waals surface area contributed by atoms with E-state index in [0.29, 0.717) is 11.3 Å². The van der Waals surface area contributed by atoms with Crippen LogP contribution in [0.3, 0.4) is 0 Å². The lowest BCUT2D eigenvalue weighted by Gasteiger charge is -2.14. The SMILES string of the molecule is CC(NS(=O)(=O)c1c[nH]c(=O)[nH]c1=O)c1cccc(N)c1. The molecule has 8 nitrogen and oxygen atoms in total. The van der Waals surface area contributed by atoms with E-state index in [1.807, 2.05) is 4.98 Å². The normalized spacial score (nSPS) is 13.0. The number of hydrogen-bond donors (Lipinski definition) is 4. The number of H-pyrrole nitrogens is 2. The van der Waals surface area contributed by atoms with Gasteiger partial charge in [0.2, 0.25) is 10.0 Å². The van der Waals surface area contributed by atoms with Crippen molar-refractivity contribution < 1.29 is 8.42 Å². The Morgan fingerprint density at radius 2 is 2.00 bits per heavy atom. The van der Waals surface area contributed by atoms with Crippen molar-refractivity contribution >= 4 is 15.7 Å². The van der Waals surface area contributed by atoms with Gasteiger partial charge < -0.3 is 10.7 Å². The Kier molecular flexibility index (Phi) is 3.96. The average molecular weight is 310 g/mol. The largest absolute Gasteiger partial charge is 0.399 e. The zero-order valence-electron chi connectivity index (χ0n) is 11.1. The summed E-state index contributed by atoms with van der Waals surface area (Å²) in [5.41, 5.74) is 5.04. The van der Waals surface area contributed by atoms with Crippen LogP contribution in [0.4, 0.5) is 5.69 Å². The number of aromatic nitrogens is 2. The van der Waals surface area contributed by atoms with E-state index in [2.05, 4.69) is 9.71 Å². The van der Waals surface area contributed by atoms with E-state index in [0.717, 1.165) is 6.20 Å². The topological polar surface area (TPSA) is 138 Å². The van der Waals surface area contributed by atoms with Gasteiger partial charge in [0.1, 0.15) is 0 Å². The summed E-state index contributed by atoms with van der Waals surface area (Å²) < 4.78 is 26.6. The minimum atomic E-state index is -4.07. The molecule has 0 fully saturated rings. The highest BCUT2D eigenvalue weighted by molar-refractivity contribution is 7.89. The minimum absolute atomic E-state index is 0.500. The maximum Gasteiger partial charge on any atom is 0.325 e. The monoisotopic (exact) mass is 310 g/mol. The number of aromatic amines is 2. The molecule has 112 valence electrons. The average Bonchev–Trinajstić information content (AvgIpc) is 2.37. The lowest BCUT2D eigenvalue weighted by molar-refractivity contribution is 0.564. The molecule has 0 bridgehead atoms. The van der Waals surface area contributed by atoms with Gasteiger partial charge in [-0.15, -0.1) is 0 Å². The Labute approximate surface area is 120 Å². The molecule has 0 saturated heterocycles. The Hall–Kier alpha value is -2.39. The third-order valence-electron chi connectivity index (χ3n) is 2.82. The van der Waals surface area contributed by atoms with E-state index in [1.54, 1.807) is 31.2 Å². The number of nitrogens with one attached hydrogen (secondary N) is 3. The molecule has 0 aliphatic carbocycles. The highest BCUT2D eigenvalue weighted by Gasteiger charge is 2.22. The van der Waals surface area contributed by atoms with Crippen molar-refractivity contribution in [2.24, 2.45) is 0 Å². The molecule has 2 rings (SSSR count). The predicted octanol–water partition coefficient (Wildman–Crippen LogP) is -0.315. The first-order chi connectivity index (χ1) is 9.79. The molecule has 0 amide bonds. The first-order valence-corrected chi connectivity index (χ1v) is 7.48. The fourth-order valence-electron chi connectivity index (χ4n) is 1.79. The van der Waals surface area contributed by atoms with Crippen LogP contribution in [0.25, 0.3) is 0 Å². The van der Waals surface area contributed by atoms with E-state index >= 15 is 0 Å². The molecule has 1 aromatic heterocycles. The number of hydrogen-bond acceptors (Lipinski definition) is 5. The summed E-state index contributed by atoms with van der Waals surface area (Å²) in [5.74, 6) is 0. The van der Waals surface area contributed by atoms with Crippen LogP contribution in [0.1, 0.15) is 18.5 Å². The van der Waals surface area contributed by atoms with Crippen LogP contribution in [-0.4, -0.2) is 18.4 Å². The molecule has 1 heterocycles. The van der Waals surface area contributed by atoms with Crippen LogP contribution in [0.15, 0.2) is 44.9 Å². The summed E-state index contributed by atoms with van der Waals surface area (Å²) >= 11 is 0. The number of benzene rings is 1. The van der Waals surface area contributed by atoms with Gasteiger partial charge in [0.05, 0.1) is 0 Å². The Morgan fingerprint density at radius 1 is 1.29 bits per heavy atom. The van der Waals surface area contributed by atoms with Gasteiger partial charge in [0.15, 0.2) is 4.90 Å². The van der Waals surface area contributed by atoms with Gasteiger partial charge in [-0.1, -0.05) is 12.1 Å². The van der Waals surface area contributed by atoms with Crippen LogP contribution in [0.5, 0.6) is 0 Å². The standard InChI is InChI=1S/C12H14N4O4S/c1-7(8-3-2-4-9(13)5-8)16-21(19,20)10-6-14-12(18)15-11(10)17/h2-7,16H,13H2,1H3,(H2,14,15,17,18). The molecule has 21 heavy (non-hydrogen) atoms. The Bertz CT molecular complexity index is 869. The zero-order valence-corrected chi connectivity index (χ0v) is 11.9. The van der Waals surface area contributed by atoms with Crippen molar-refractivity contribution in [1.82, 2.24) is 14.7 Å².